The number of hydrogen-bond acceptors (Lipinski definition) is 7. The number of nitrogens with zero attached hydrogens (tertiary/aromatic N) is 3. The van der Waals surface area contributed by atoms with Crippen LogP contribution in [-0.2, 0) is 19.5 Å². The molecule has 7 nitrogen and oxygen atoms in total. The van der Waals surface area contributed by atoms with Crippen molar-refractivity contribution >= 4 is 33.1 Å². The molecular weight excluding hydrogens is 450 g/mol. The second-order valence-corrected chi connectivity index (χ2v) is 12.5. The van der Waals surface area contributed by atoms with Gasteiger partial charge >= 0.3 is 5.97 Å². The van der Waals surface area contributed by atoms with Gasteiger partial charge in [-0.05, 0) is 63.8 Å². The fraction of sp³-hybridized carbons (Fsp3) is 0.696. The van der Waals surface area contributed by atoms with Crippen LogP contribution in [0.25, 0.3) is 0 Å². The maximum Gasteiger partial charge on any atom is 0.330 e. The van der Waals surface area contributed by atoms with E-state index < -0.39 is 15.3 Å². The van der Waals surface area contributed by atoms with Gasteiger partial charge in [-0.1, -0.05) is 0 Å². The minimum Gasteiger partial charge on any atom is -0.369 e. The molecule has 2 aliphatic rings. The molecule has 0 amide bonds. The van der Waals surface area contributed by atoms with E-state index in [0.29, 0.717) is 10.8 Å². The van der Waals surface area contributed by atoms with Gasteiger partial charge in [0.25, 0.3) is 0 Å². The first-order valence-electron chi connectivity index (χ1n) is 11.3. The molecule has 180 valence electrons. The van der Waals surface area contributed by atoms with Gasteiger partial charge in [0.1, 0.15) is 0 Å². The van der Waals surface area contributed by atoms with E-state index in [0.717, 1.165) is 64.3 Å². The van der Waals surface area contributed by atoms with Crippen LogP contribution in [0.3, 0.4) is 0 Å². The molecule has 3 rings (SSSR count). The summed E-state index contributed by atoms with van der Waals surface area (Å²) in [5, 5.41) is 1.86. The van der Waals surface area contributed by atoms with E-state index >= 15 is 0 Å². The van der Waals surface area contributed by atoms with E-state index in [1.807, 2.05) is 32.9 Å². The predicted molar refractivity (Wildman–Crippen MR) is 128 cm³/mol. The Morgan fingerprint density at radius 1 is 1.06 bits per heavy atom. The maximum atomic E-state index is 12.1. The summed E-state index contributed by atoms with van der Waals surface area (Å²) in [5.41, 5.74) is 0.556. The highest BCUT2D eigenvalue weighted by Gasteiger charge is 2.31. The molecule has 0 bridgehead atoms. The van der Waals surface area contributed by atoms with Crippen molar-refractivity contribution in [3.05, 3.63) is 24.3 Å². The number of hydrogen-bond donors (Lipinski definition) is 0. The Bertz CT molecular complexity index is 869. The molecule has 0 spiro atoms. The highest BCUT2D eigenvalue weighted by Crippen LogP contribution is 2.27. The van der Waals surface area contributed by atoms with Gasteiger partial charge in [0.05, 0.1) is 10.3 Å². The summed E-state index contributed by atoms with van der Waals surface area (Å²) in [6.07, 6.45) is 3.09. The van der Waals surface area contributed by atoms with Crippen LogP contribution in [0.2, 0.25) is 0 Å². The Kier molecular flexibility index (Phi) is 8.12. The van der Waals surface area contributed by atoms with Crippen LogP contribution in [0.1, 0.15) is 33.6 Å². The van der Waals surface area contributed by atoms with Gasteiger partial charge < -0.3 is 9.74 Å². The van der Waals surface area contributed by atoms with Gasteiger partial charge in [-0.15, -0.1) is 16.7 Å². The molecule has 2 aliphatic heterocycles. The molecule has 2 fully saturated rings. The second-order valence-electron chi connectivity index (χ2n) is 9.96. The first-order chi connectivity index (χ1) is 14.9. The zero-order valence-corrected chi connectivity index (χ0v) is 21.2. The molecular formula is C23H36ClN3O4S. The Hall–Kier alpha value is -1.35. The van der Waals surface area contributed by atoms with Gasteiger partial charge in [-0.2, -0.15) is 0 Å². The molecule has 32 heavy (non-hydrogen) atoms. The smallest absolute Gasteiger partial charge is 0.330 e. The summed E-state index contributed by atoms with van der Waals surface area (Å²) in [6, 6.07) is 7.13. The number of hydroxylamine groups is 2. The van der Waals surface area contributed by atoms with Gasteiger partial charge in [-0.25, -0.2) is 13.2 Å². The van der Waals surface area contributed by atoms with E-state index in [2.05, 4.69) is 9.80 Å². The Morgan fingerprint density at radius 2 is 1.62 bits per heavy atom. The number of benzene rings is 1. The van der Waals surface area contributed by atoms with E-state index in [-0.39, 0.29) is 11.3 Å². The van der Waals surface area contributed by atoms with Crippen molar-refractivity contribution in [2.75, 3.05) is 57.0 Å². The normalized spacial score (nSPS) is 20.8. The SMILES string of the molecule is CC(C)(C)C(=O)ON1CCC(C(Cl)CN2CCN(c3ccc(S(C)(=O)=O)cc3)CC2)CC1. The lowest BCUT2D eigenvalue weighted by Crippen LogP contribution is -2.49. The Labute approximate surface area is 197 Å². The lowest BCUT2D eigenvalue weighted by atomic mass is 9.93. The van der Waals surface area contributed by atoms with Gasteiger partial charge in [0, 0.05) is 63.1 Å². The second kappa shape index (κ2) is 10.3. The highest BCUT2D eigenvalue weighted by atomic mass is 35.5. The zero-order valence-electron chi connectivity index (χ0n) is 19.6. The third-order valence-corrected chi connectivity index (χ3v) is 7.89. The van der Waals surface area contributed by atoms with E-state index in [1.54, 1.807) is 17.2 Å². The molecule has 2 saturated heterocycles. The first-order valence-corrected chi connectivity index (χ1v) is 13.6. The van der Waals surface area contributed by atoms with E-state index in [4.69, 9.17) is 16.4 Å². The molecule has 0 saturated carbocycles. The Balaban J connectivity index is 1.41. The summed E-state index contributed by atoms with van der Waals surface area (Å²) >= 11 is 6.79. The average molecular weight is 486 g/mol. The van der Waals surface area contributed by atoms with Crippen molar-refractivity contribution < 1.29 is 18.0 Å². The quantitative estimate of drug-likeness (QED) is 0.573. The fourth-order valence-corrected chi connectivity index (χ4v) is 5.15. The number of rotatable bonds is 6. The molecule has 1 atom stereocenters. The molecule has 1 unspecified atom stereocenters. The number of alkyl halides is 1. The molecule has 0 radical (unpaired) electrons. The number of anilines is 1. The summed E-state index contributed by atoms with van der Waals surface area (Å²) in [6.45, 7) is 11.5. The molecule has 0 aliphatic carbocycles. The van der Waals surface area contributed by atoms with Crippen LogP contribution in [0, 0.1) is 11.3 Å². The van der Waals surface area contributed by atoms with Crippen molar-refractivity contribution in [1.29, 1.82) is 0 Å². The van der Waals surface area contributed by atoms with Crippen molar-refractivity contribution in [3.63, 3.8) is 0 Å². The first kappa shape index (κ1) is 25.3. The third-order valence-electron chi connectivity index (χ3n) is 6.27. The Morgan fingerprint density at radius 3 is 2.12 bits per heavy atom. The van der Waals surface area contributed by atoms with Gasteiger partial charge in [0.2, 0.25) is 0 Å². The monoisotopic (exact) mass is 485 g/mol. The van der Waals surface area contributed by atoms with Crippen molar-refractivity contribution in [1.82, 2.24) is 9.96 Å². The summed E-state index contributed by atoms with van der Waals surface area (Å²) in [7, 11) is -3.17. The highest BCUT2D eigenvalue weighted by molar-refractivity contribution is 7.90. The molecule has 9 heteroatoms. The van der Waals surface area contributed by atoms with Crippen molar-refractivity contribution in [3.8, 4) is 0 Å². The van der Waals surface area contributed by atoms with Crippen LogP contribution in [0.5, 0.6) is 0 Å². The molecule has 2 heterocycles. The number of piperazine rings is 1. The maximum absolute atomic E-state index is 12.1. The van der Waals surface area contributed by atoms with Crippen LogP contribution < -0.4 is 4.90 Å². The summed E-state index contributed by atoms with van der Waals surface area (Å²) in [5.74, 6) is 0.227. The minimum absolute atomic E-state index is 0.0797. The molecule has 1 aromatic rings. The third kappa shape index (κ3) is 6.83. The zero-order chi connectivity index (χ0) is 23.5. The number of carbonyl (C=O) groups excluding carboxylic acids is 1. The lowest BCUT2D eigenvalue weighted by molar-refractivity contribution is -0.206. The number of halogens is 1. The lowest BCUT2D eigenvalue weighted by Gasteiger charge is -2.39. The van der Waals surface area contributed by atoms with Gasteiger partial charge in [-0.3, -0.25) is 4.90 Å². The molecule has 1 aromatic carbocycles. The standard InChI is InChI=1S/C23H36ClN3O4S/c1-23(2,3)22(28)31-27-11-9-18(10-12-27)21(24)17-25-13-15-26(16-14-25)19-5-7-20(8-6-19)32(4,29)30/h5-8,18,21H,9-17H2,1-4H3. The topological polar surface area (TPSA) is 70.2 Å². The fourth-order valence-electron chi connectivity index (χ4n) is 4.07. The predicted octanol–water partition coefficient (Wildman–Crippen LogP) is 3.04. The van der Waals surface area contributed by atoms with E-state index in [9.17, 15) is 13.2 Å². The summed E-state index contributed by atoms with van der Waals surface area (Å²) in [4.78, 5) is 22.6. The van der Waals surface area contributed by atoms with Crippen LogP contribution in [0.15, 0.2) is 29.2 Å². The van der Waals surface area contributed by atoms with Crippen LogP contribution >= 0.6 is 11.6 Å². The largest absolute Gasteiger partial charge is 0.369 e. The summed E-state index contributed by atoms with van der Waals surface area (Å²) < 4.78 is 23.3. The van der Waals surface area contributed by atoms with Crippen molar-refractivity contribution in [2.45, 2.75) is 43.9 Å². The minimum atomic E-state index is -3.17. The van der Waals surface area contributed by atoms with Gasteiger partial charge in [0.15, 0.2) is 9.84 Å². The average Bonchev–Trinajstić information content (AvgIpc) is 2.73. The molecule has 0 N–H and O–H groups in total. The molecule has 0 aromatic heterocycles. The van der Waals surface area contributed by atoms with Crippen LogP contribution in [-0.4, -0.2) is 81.8 Å². The number of sulfone groups is 1. The number of carbonyl (C=O) groups is 1. The van der Waals surface area contributed by atoms with Crippen LogP contribution in [0.4, 0.5) is 5.69 Å². The van der Waals surface area contributed by atoms with E-state index in [1.165, 1.54) is 6.26 Å². The number of piperidine rings is 1. The van der Waals surface area contributed by atoms with Crippen molar-refractivity contribution in [2.24, 2.45) is 11.3 Å².